The fourth-order valence-electron chi connectivity index (χ4n) is 8.76. The van der Waals surface area contributed by atoms with E-state index in [1.807, 2.05) is 54.6 Å². The summed E-state index contributed by atoms with van der Waals surface area (Å²) in [6.07, 6.45) is 2.50. The number of ether oxygens (including phenoxy) is 1. The number of nitrogens with one attached hydrogen (secondary N) is 1. The standard InChI is InChI=1S/C40H35N3O6/c1-40-31(37(46)43(39(40)48)25-12-7-4-8-13-25)22-30-27(34(40)29-14-9-15-32(49-2)35(29)44)20-21-28-33(30)38(47)42(36(28)45)26-18-16-24(17-19-26)41-23-10-5-3-6-11-23/h3-20,28,30-31,33-34,41,44H,21-22H2,1-2H3. The van der Waals surface area contributed by atoms with E-state index in [1.165, 1.54) is 16.9 Å². The van der Waals surface area contributed by atoms with Crippen molar-refractivity contribution in [3.63, 3.8) is 0 Å². The molecule has 0 aromatic heterocycles. The first kappa shape index (κ1) is 30.6. The third-order valence-corrected chi connectivity index (χ3v) is 11.0. The molecule has 8 rings (SSSR count). The number of para-hydroxylation sites is 3. The van der Waals surface area contributed by atoms with Gasteiger partial charge in [0.05, 0.1) is 41.7 Å². The molecule has 2 saturated heterocycles. The number of phenols is 1. The van der Waals surface area contributed by atoms with E-state index in [0.717, 1.165) is 16.9 Å². The van der Waals surface area contributed by atoms with Gasteiger partial charge in [0.2, 0.25) is 23.6 Å². The molecular weight excluding hydrogens is 618 g/mol. The summed E-state index contributed by atoms with van der Waals surface area (Å²) >= 11 is 0. The van der Waals surface area contributed by atoms with Crippen LogP contribution in [0.5, 0.6) is 11.5 Å². The van der Waals surface area contributed by atoms with Crippen LogP contribution in [0.2, 0.25) is 0 Å². The molecule has 0 radical (unpaired) electrons. The first-order chi connectivity index (χ1) is 23.7. The normalized spacial score (nSPS) is 27.4. The van der Waals surface area contributed by atoms with E-state index in [4.69, 9.17) is 4.74 Å². The zero-order chi connectivity index (χ0) is 34.0. The molecule has 1 saturated carbocycles. The van der Waals surface area contributed by atoms with Gasteiger partial charge in [-0.15, -0.1) is 0 Å². The van der Waals surface area contributed by atoms with Crippen molar-refractivity contribution in [1.29, 1.82) is 0 Å². The number of fused-ring (bicyclic) bond motifs is 4. The molecule has 9 nitrogen and oxygen atoms in total. The smallest absolute Gasteiger partial charge is 0.241 e. The second-order valence-electron chi connectivity index (χ2n) is 13.4. The molecule has 2 N–H and O–H groups in total. The van der Waals surface area contributed by atoms with Crippen molar-refractivity contribution in [3.05, 3.63) is 120 Å². The molecule has 4 aromatic carbocycles. The Hall–Kier alpha value is -5.70. The molecule has 2 heterocycles. The SMILES string of the molecule is COc1cccc(C2C3=CCC4C(=O)N(c5ccc(Nc6ccccc6)cc5)C(=O)C4C3CC3C(=O)N(c4ccccc4)C(=O)C32C)c1O. The molecular formula is C40H35N3O6. The average molecular weight is 654 g/mol. The Kier molecular flexibility index (Phi) is 7.17. The van der Waals surface area contributed by atoms with Crippen LogP contribution in [0.4, 0.5) is 22.7 Å². The Morgan fingerprint density at radius 2 is 1.39 bits per heavy atom. The molecule has 4 aliphatic rings. The predicted molar refractivity (Wildman–Crippen MR) is 184 cm³/mol. The predicted octanol–water partition coefficient (Wildman–Crippen LogP) is 6.58. The van der Waals surface area contributed by atoms with Gasteiger partial charge in [-0.1, -0.05) is 60.2 Å². The van der Waals surface area contributed by atoms with Crippen molar-refractivity contribution in [2.45, 2.75) is 25.7 Å². The van der Waals surface area contributed by atoms with Gasteiger partial charge >= 0.3 is 0 Å². The molecule has 49 heavy (non-hydrogen) atoms. The van der Waals surface area contributed by atoms with E-state index >= 15 is 0 Å². The van der Waals surface area contributed by atoms with E-state index in [0.29, 0.717) is 23.4 Å². The summed E-state index contributed by atoms with van der Waals surface area (Å²) in [7, 11) is 1.46. The third-order valence-electron chi connectivity index (χ3n) is 11.0. The molecule has 6 unspecified atom stereocenters. The molecule has 3 fully saturated rings. The summed E-state index contributed by atoms with van der Waals surface area (Å²) in [6, 6.07) is 30.9. The quantitative estimate of drug-likeness (QED) is 0.178. The Morgan fingerprint density at radius 1 is 0.735 bits per heavy atom. The van der Waals surface area contributed by atoms with Gasteiger partial charge in [-0.3, -0.25) is 24.1 Å². The third kappa shape index (κ3) is 4.52. The maximum Gasteiger partial charge on any atom is 0.241 e. The van der Waals surface area contributed by atoms with Crippen molar-refractivity contribution in [2.75, 3.05) is 22.2 Å². The Balaban J connectivity index is 1.19. The molecule has 9 heteroatoms. The van der Waals surface area contributed by atoms with Gasteiger partial charge in [0.25, 0.3) is 0 Å². The molecule has 6 atom stereocenters. The lowest BCUT2D eigenvalue weighted by Crippen LogP contribution is -2.48. The number of aromatic hydroxyl groups is 1. The number of phenolic OH excluding ortho intramolecular Hbond substituents is 1. The molecule has 246 valence electrons. The van der Waals surface area contributed by atoms with Crippen molar-refractivity contribution in [1.82, 2.24) is 0 Å². The van der Waals surface area contributed by atoms with E-state index in [2.05, 4.69) is 5.32 Å². The minimum Gasteiger partial charge on any atom is -0.504 e. The fraction of sp³-hybridized carbons (Fsp3) is 0.250. The summed E-state index contributed by atoms with van der Waals surface area (Å²) in [5, 5.41) is 14.8. The van der Waals surface area contributed by atoms with E-state index in [9.17, 15) is 24.3 Å². The zero-order valence-electron chi connectivity index (χ0n) is 27.1. The van der Waals surface area contributed by atoms with E-state index in [-0.39, 0.29) is 41.5 Å². The first-order valence-electron chi connectivity index (χ1n) is 16.5. The van der Waals surface area contributed by atoms with Gasteiger partial charge in [0.1, 0.15) is 0 Å². The number of benzene rings is 4. The number of amides is 4. The van der Waals surface area contributed by atoms with Crippen molar-refractivity contribution < 1.29 is 29.0 Å². The zero-order valence-corrected chi connectivity index (χ0v) is 27.1. The fourth-order valence-corrected chi connectivity index (χ4v) is 8.76. The highest BCUT2D eigenvalue weighted by atomic mass is 16.5. The van der Waals surface area contributed by atoms with Crippen molar-refractivity contribution in [3.8, 4) is 11.5 Å². The van der Waals surface area contributed by atoms with Crippen LogP contribution in [0.3, 0.4) is 0 Å². The monoisotopic (exact) mass is 653 g/mol. The minimum absolute atomic E-state index is 0.114. The van der Waals surface area contributed by atoms with Crippen LogP contribution >= 0.6 is 0 Å². The van der Waals surface area contributed by atoms with Crippen LogP contribution in [0.15, 0.2) is 115 Å². The summed E-state index contributed by atoms with van der Waals surface area (Å²) in [6.45, 7) is 1.80. The van der Waals surface area contributed by atoms with Gasteiger partial charge in [-0.05, 0) is 80.3 Å². The topological polar surface area (TPSA) is 116 Å². The number of hydrogen-bond acceptors (Lipinski definition) is 7. The first-order valence-corrected chi connectivity index (χ1v) is 16.5. The molecule has 2 aliphatic heterocycles. The summed E-state index contributed by atoms with van der Waals surface area (Å²) in [4.78, 5) is 59.9. The lowest BCUT2D eigenvalue weighted by atomic mass is 9.51. The van der Waals surface area contributed by atoms with Gasteiger partial charge < -0.3 is 15.2 Å². The van der Waals surface area contributed by atoms with Crippen LogP contribution < -0.4 is 19.9 Å². The number of methoxy groups -OCH3 is 1. The summed E-state index contributed by atoms with van der Waals surface area (Å²) < 4.78 is 5.46. The largest absolute Gasteiger partial charge is 0.504 e. The van der Waals surface area contributed by atoms with Crippen LogP contribution in [0.25, 0.3) is 0 Å². The maximum absolute atomic E-state index is 14.6. The van der Waals surface area contributed by atoms with Crippen molar-refractivity contribution >= 4 is 46.4 Å². The Bertz CT molecular complexity index is 2030. The highest BCUT2D eigenvalue weighted by Gasteiger charge is 2.68. The number of hydrogen-bond donors (Lipinski definition) is 2. The Labute approximate surface area is 283 Å². The average Bonchev–Trinajstić information content (AvgIpc) is 3.49. The number of carbonyl (C=O) groups is 4. The number of nitrogens with zero attached hydrogens (tertiary/aromatic N) is 2. The minimum atomic E-state index is -1.27. The number of imide groups is 2. The Morgan fingerprint density at radius 3 is 2.08 bits per heavy atom. The van der Waals surface area contributed by atoms with Crippen LogP contribution in [0.1, 0.15) is 31.2 Å². The van der Waals surface area contributed by atoms with Crippen molar-refractivity contribution in [2.24, 2.45) is 29.1 Å². The van der Waals surface area contributed by atoms with E-state index in [1.54, 1.807) is 61.5 Å². The molecule has 0 spiro atoms. The number of allylic oxidation sites excluding steroid dienone is 2. The van der Waals surface area contributed by atoms with Crippen LogP contribution in [-0.4, -0.2) is 35.8 Å². The maximum atomic E-state index is 14.6. The van der Waals surface area contributed by atoms with Gasteiger partial charge in [-0.25, -0.2) is 4.90 Å². The van der Waals surface area contributed by atoms with Crippen LogP contribution in [-0.2, 0) is 19.2 Å². The van der Waals surface area contributed by atoms with Gasteiger partial charge in [-0.2, -0.15) is 0 Å². The number of rotatable bonds is 6. The molecule has 2 aliphatic carbocycles. The second kappa shape index (κ2) is 11.5. The molecule has 0 bridgehead atoms. The van der Waals surface area contributed by atoms with Gasteiger partial charge in [0, 0.05) is 22.9 Å². The van der Waals surface area contributed by atoms with Crippen LogP contribution in [0, 0.1) is 29.1 Å². The van der Waals surface area contributed by atoms with E-state index < -0.39 is 35.0 Å². The molecule has 4 amide bonds. The second-order valence-corrected chi connectivity index (χ2v) is 13.4. The summed E-state index contributed by atoms with van der Waals surface area (Å²) in [5.74, 6) is -4.52. The molecule has 4 aromatic rings. The highest BCUT2D eigenvalue weighted by molar-refractivity contribution is 6.25. The number of carbonyl (C=O) groups excluding carboxylic acids is 4. The lowest BCUT2D eigenvalue weighted by molar-refractivity contribution is -0.131. The lowest BCUT2D eigenvalue weighted by Gasteiger charge is -2.49. The number of anilines is 4. The van der Waals surface area contributed by atoms with Gasteiger partial charge in [0.15, 0.2) is 11.5 Å². The summed E-state index contributed by atoms with van der Waals surface area (Å²) in [5.41, 5.74) is 2.67. The highest BCUT2D eigenvalue weighted by Crippen LogP contribution is 2.65.